The normalized spacial score (nSPS) is 13.9. The third-order valence-electron chi connectivity index (χ3n) is 6.42. The molecule has 37 heavy (non-hydrogen) atoms. The van der Waals surface area contributed by atoms with Crippen molar-refractivity contribution in [2.24, 2.45) is 0 Å². The van der Waals surface area contributed by atoms with Crippen molar-refractivity contribution in [3.63, 3.8) is 0 Å². The quantitative estimate of drug-likeness (QED) is 0.437. The first-order valence-electron chi connectivity index (χ1n) is 12.2. The number of carbonyl (C=O) groups is 2. The summed E-state index contributed by atoms with van der Waals surface area (Å²) in [5, 5.41) is 1.15. The van der Waals surface area contributed by atoms with E-state index in [0.29, 0.717) is 66.4 Å². The number of amides is 1. The molecule has 0 bridgehead atoms. The van der Waals surface area contributed by atoms with Crippen LogP contribution < -0.4 is 10.5 Å². The summed E-state index contributed by atoms with van der Waals surface area (Å²) in [7, 11) is 3.83. The molecule has 1 aromatic heterocycles. The van der Waals surface area contributed by atoms with Gasteiger partial charge in [-0.15, -0.1) is 0 Å². The van der Waals surface area contributed by atoms with Crippen molar-refractivity contribution in [2.45, 2.75) is 13.5 Å². The third kappa shape index (κ3) is 5.62. The first-order valence-corrected chi connectivity index (χ1v) is 12.6. The maximum absolute atomic E-state index is 13.7. The van der Waals surface area contributed by atoms with Gasteiger partial charge in [0, 0.05) is 55.2 Å². The van der Waals surface area contributed by atoms with Gasteiger partial charge in [0.15, 0.2) is 0 Å². The van der Waals surface area contributed by atoms with Crippen molar-refractivity contribution in [1.29, 1.82) is 0 Å². The zero-order valence-electron chi connectivity index (χ0n) is 21.2. The molecular formula is C27H30ClFN4O4. The summed E-state index contributed by atoms with van der Waals surface area (Å²) in [6, 6.07) is 10.7. The summed E-state index contributed by atoms with van der Waals surface area (Å²) in [5.74, 6) is -1.29. The van der Waals surface area contributed by atoms with E-state index in [1.54, 1.807) is 34.6 Å². The second-order valence-electron chi connectivity index (χ2n) is 9.15. The second kappa shape index (κ2) is 11.3. The van der Waals surface area contributed by atoms with E-state index >= 15 is 0 Å². The molecule has 3 aromatic rings. The van der Waals surface area contributed by atoms with Crippen molar-refractivity contribution in [3.8, 4) is 0 Å². The van der Waals surface area contributed by atoms with Crippen LogP contribution in [0.15, 0.2) is 47.3 Å². The lowest BCUT2D eigenvalue weighted by Crippen LogP contribution is -2.49. The molecule has 0 saturated carbocycles. The van der Waals surface area contributed by atoms with Crippen LogP contribution in [0.25, 0.3) is 10.9 Å². The average molecular weight is 529 g/mol. The van der Waals surface area contributed by atoms with Crippen molar-refractivity contribution < 1.29 is 18.7 Å². The highest BCUT2D eigenvalue weighted by atomic mass is 35.5. The molecule has 10 heteroatoms. The summed E-state index contributed by atoms with van der Waals surface area (Å²) < 4.78 is 20.2. The Morgan fingerprint density at radius 2 is 1.73 bits per heavy atom. The van der Waals surface area contributed by atoms with E-state index in [1.165, 1.54) is 24.3 Å². The van der Waals surface area contributed by atoms with Crippen LogP contribution in [0.1, 0.15) is 27.6 Å². The minimum absolute atomic E-state index is 0.0336. The van der Waals surface area contributed by atoms with Crippen LogP contribution in [-0.4, -0.2) is 79.7 Å². The van der Waals surface area contributed by atoms with Gasteiger partial charge in [0.25, 0.3) is 11.5 Å². The number of nitrogens with zero attached hydrogens (tertiary/aromatic N) is 4. The Balaban J connectivity index is 1.75. The maximum Gasteiger partial charge on any atom is 0.345 e. The lowest BCUT2D eigenvalue weighted by Gasteiger charge is -2.37. The van der Waals surface area contributed by atoms with Gasteiger partial charge in [-0.2, -0.15) is 0 Å². The fraction of sp³-hybridized carbons (Fsp3) is 0.370. The number of hydrogen-bond donors (Lipinski definition) is 0. The molecule has 2 aromatic carbocycles. The van der Waals surface area contributed by atoms with Gasteiger partial charge in [-0.1, -0.05) is 11.6 Å². The number of hydrogen-bond acceptors (Lipinski definition) is 6. The SMILES string of the molecule is CCOC(=O)c1c(N2CCN(C(=O)c3ccc(F)cc3)CC2)c2cc(Cl)ccc2n(CCN(C)C)c1=O. The maximum atomic E-state index is 13.7. The fourth-order valence-corrected chi connectivity index (χ4v) is 4.73. The number of anilines is 1. The number of carbonyl (C=O) groups excluding carboxylic acids is 2. The monoisotopic (exact) mass is 528 g/mol. The standard InChI is InChI=1S/C27H30ClFN4O4/c1-4-37-27(36)23-24(21-17-19(28)7-10-22(21)33(26(23)35)16-11-30(2)3)31-12-14-32(15-13-31)25(34)18-5-8-20(29)9-6-18/h5-10,17H,4,11-16H2,1-3H3. The molecule has 1 fully saturated rings. The first kappa shape index (κ1) is 26.6. The average Bonchev–Trinajstić information content (AvgIpc) is 2.88. The van der Waals surface area contributed by atoms with E-state index in [-0.39, 0.29) is 18.1 Å². The molecule has 1 saturated heterocycles. The predicted molar refractivity (Wildman–Crippen MR) is 142 cm³/mol. The smallest absolute Gasteiger partial charge is 0.345 e. The molecule has 0 radical (unpaired) electrons. The molecule has 0 unspecified atom stereocenters. The Kier molecular flexibility index (Phi) is 8.14. The number of pyridine rings is 1. The van der Waals surface area contributed by atoms with Gasteiger partial charge in [0.2, 0.25) is 0 Å². The predicted octanol–water partition coefficient (Wildman–Crippen LogP) is 3.49. The molecule has 0 atom stereocenters. The van der Waals surface area contributed by atoms with Crippen molar-refractivity contribution in [2.75, 3.05) is 58.3 Å². The van der Waals surface area contributed by atoms with Crippen LogP contribution in [-0.2, 0) is 11.3 Å². The van der Waals surface area contributed by atoms with E-state index in [1.807, 2.05) is 23.9 Å². The van der Waals surface area contributed by atoms with E-state index < -0.39 is 17.3 Å². The van der Waals surface area contributed by atoms with Gasteiger partial charge in [-0.3, -0.25) is 9.59 Å². The van der Waals surface area contributed by atoms with Crippen LogP contribution in [0.4, 0.5) is 10.1 Å². The van der Waals surface area contributed by atoms with Crippen molar-refractivity contribution in [3.05, 3.63) is 74.8 Å². The van der Waals surface area contributed by atoms with Crippen LogP contribution in [0.3, 0.4) is 0 Å². The summed E-state index contributed by atoms with van der Waals surface area (Å²) in [6.07, 6.45) is 0. The first-order chi connectivity index (χ1) is 17.7. The van der Waals surface area contributed by atoms with E-state index in [9.17, 15) is 18.8 Å². The summed E-state index contributed by atoms with van der Waals surface area (Å²) >= 11 is 6.38. The van der Waals surface area contributed by atoms with Gasteiger partial charge in [0.1, 0.15) is 11.4 Å². The molecular weight excluding hydrogens is 499 g/mol. The molecule has 0 spiro atoms. The number of halogens is 2. The van der Waals surface area contributed by atoms with Gasteiger partial charge >= 0.3 is 5.97 Å². The van der Waals surface area contributed by atoms with E-state index in [4.69, 9.17) is 16.3 Å². The molecule has 196 valence electrons. The molecule has 1 aliphatic rings. The number of piperazine rings is 1. The zero-order valence-corrected chi connectivity index (χ0v) is 21.9. The summed E-state index contributed by atoms with van der Waals surface area (Å²) in [5.41, 5.74) is 1.09. The Bertz CT molecular complexity index is 1370. The highest BCUT2D eigenvalue weighted by Gasteiger charge is 2.30. The largest absolute Gasteiger partial charge is 0.462 e. The Hall–Kier alpha value is -3.43. The Morgan fingerprint density at radius 3 is 2.35 bits per heavy atom. The molecule has 2 heterocycles. The molecule has 0 aliphatic carbocycles. The molecule has 1 amide bonds. The number of fused-ring (bicyclic) bond motifs is 1. The van der Waals surface area contributed by atoms with Crippen molar-refractivity contribution >= 4 is 40.1 Å². The van der Waals surface area contributed by atoms with Gasteiger partial charge in [0.05, 0.1) is 17.8 Å². The zero-order chi connectivity index (χ0) is 26.7. The van der Waals surface area contributed by atoms with Gasteiger partial charge in [-0.25, -0.2) is 9.18 Å². The van der Waals surface area contributed by atoms with Gasteiger partial charge < -0.3 is 24.0 Å². The lowest BCUT2D eigenvalue weighted by molar-refractivity contribution is 0.0523. The van der Waals surface area contributed by atoms with Crippen molar-refractivity contribution in [1.82, 2.24) is 14.4 Å². The highest BCUT2D eigenvalue weighted by molar-refractivity contribution is 6.31. The highest BCUT2D eigenvalue weighted by Crippen LogP contribution is 2.32. The number of likely N-dealkylation sites (N-methyl/N-ethyl adjacent to an activating group) is 1. The Labute approximate surface area is 219 Å². The van der Waals surface area contributed by atoms with Crippen LogP contribution in [0.2, 0.25) is 5.02 Å². The number of aromatic nitrogens is 1. The summed E-state index contributed by atoms with van der Waals surface area (Å²) in [4.78, 5) is 45.4. The molecule has 1 aliphatic heterocycles. The van der Waals surface area contributed by atoms with Gasteiger partial charge in [-0.05, 0) is 63.5 Å². The summed E-state index contributed by atoms with van der Waals surface area (Å²) in [6.45, 7) is 4.32. The van der Waals surface area contributed by atoms with E-state index in [2.05, 4.69) is 0 Å². The Morgan fingerprint density at radius 1 is 1.05 bits per heavy atom. The van der Waals surface area contributed by atoms with Crippen LogP contribution in [0.5, 0.6) is 0 Å². The minimum atomic E-state index is -0.687. The number of ether oxygens (including phenoxy) is 1. The number of rotatable bonds is 7. The molecule has 4 rings (SSSR count). The fourth-order valence-electron chi connectivity index (χ4n) is 4.56. The number of esters is 1. The minimum Gasteiger partial charge on any atom is -0.462 e. The second-order valence-corrected chi connectivity index (χ2v) is 9.59. The topological polar surface area (TPSA) is 75.1 Å². The third-order valence-corrected chi connectivity index (χ3v) is 6.66. The van der Waals surface area contributed by atoms with E-state index in [0.717, 1.165) is 0 Å². The molecule has 0 N–H and O–H groups in total. The molecule has 8 nitrogen and oxygen atoms in total. The number of benzene rings is 2. The van der Waals surface area contributed by atoms with Crippen LogP contribution in [0, 0.1) is 5.82 Å². The lowest BCUT2D eigenvalue weighted by atomic mass is 10.1. The van der Waals surface area contributed by atoms with Crippen LogP contribution >= 0.6 is 11.6 Å².